The van der Waals surface area contributed by atoms with Crippen molar-refractivity contribution in [3.8, 4) is 0 Å². The molecular weight excluding hydrogens is 210 g/mol. The van der Waals surface area contributed by atoms with E-state index in [1.165, 1.54) is 5.56 Å². The van der Waals surface area contributed by atoms with Crippen LogP contribution in [0.15, 0.2) is 24.3 Å². The molecule has 1 aromatic carbocycles. The highest BCUT2D eigenvalue weighted by atomic mass is 16.1. The molecule has 0 unspecified atom stereocenters. The summed E-state index contributed by atoms with van der Waals surface area (Å²) in [5, 5.41) is 2.97. The number of nitrogens with one attached hydrogen (secondary N) is 1. The van der Waals surface area contributed by atoms with Gasteiger partial charge in [-0.05, 0) is 37.0 Å². The molecule has 0 aliphatic carbocycles. The third-order valence-corrected chi connectivity index (χ3v) is 3.12. The fourth-order valence-electron chi connectivity index (χ4n) is 1.95. The molecule has 2 nitrogen and oxygen atoms in total. The molecule has 0 radical (unpaired) electrons. The highest BCUT2D eigenvalue weighted by Gasteiger charge is 2.13. The van der Waals surface area contributed by atoms with Gasteiger partial charge in [0.1, 0.15) is 0 Å². The molecule has 0 heterocycles. The number of carbonyl (C=O) groups is 1. The second-order valence-electron chi connectivity index (χ2n) is 4.45. The maximum absolute atomic E-state index is 11.9. The second-order valence-corrected chi connectivity index (χ2v) is 4.45. The summed E-state index contributed by atoms with van der Waals surface area (Å²) < 4.78 is 0. The quantitative estimate of drug-likeness (QED) is 0.790. The normalized spacial score (nSPS) is 10.6. The highest BCUT2D eigenvalue weighted by molar-refractivity contribution is 5.92. The monoisotopic (exact) mass is 233 g/mol. The lowest BCUT2D eigenvalue weighted by molar-refractivity contribution is -0.120. The van der Waals surface area contributed by atoms with Crippen LogP contribution in [0.1, 0.15) is 45.6 Å². The Morgan fingerprint density at radius 3 is 2.18 bits per heavy atom. The molecule has 0 bridgehead atoms. The minimum Gasteiger partial charge on any atom is -0.326 e. The van der Waals surface area contributed by atoms with E-state index in [1.807, 2.05) is 12.1 Å². The van der Waals surface area contributed by atoms with E-state index in [9.17, 15) is 4.79 Å². The van der Waals surface area contributed by atoms with E-state index >= 15 is 0 Å². The lowest BCUT2D eigenvalue weighted by atomic mass is 10.0. The summed E-state index contributed by atoms with van der Waals surface area (Å²) in [5.74, 6) is 0.267. The molecule has 1 amide bonds. The summed E-state index contributed by atoms with van der Waals surface area (Å²) in [6.07, 6.45) is 4.05. The first-order valence-corrected chi connectivity index (χ1v) is 6.61. The molecule has 1 aromatic rings. The van der Waals surface area contributed by atoms with E-state index in [1.54, 1.807) is 0 Å². The fraction of sp³-hybridized carbons (Fsp3) is 0.533. The Bertz CT molecular complexity index is 338. The Morgan fingerprint density at radius 2 is 1.71 bits per heavy atom. The number of rotatable bonds is 6. The Balaban J connectivity index is 2.59. The minimum atomic E-state index is 0.130. The van der Waals surface area contributed by atoms with E-state index < -0.39 is 0 Å². The smallest absolute Gasteiger partial charge is 0.227 e. The molecule has 94 valence electrons. The van der Waals surface area contributed by atoms with Gasteiger partial charge in [-0.15, -0.1) is 0 Å². The number of anilines is 1. The lowest BCUT2D eigenvalue weighted by Gasteiger charge is -2.12. The molecule has 1 N–H and O–H groups in total. The van der Waals surface area contributed by atoms with Crippen LogP contribution in [0.3, 0.4) is 0 Å². The summed E-state index contributed by atoms with van der Waals surface area (Å²) in [4.78, 5) is 11.9. The standard InChI is InChI=1S/C15H23NO/c1-4-7-12-8-10-14(11-9-12)16-15(17)13(5-2)6-3/h8-11,13H,4-7H2,1-3H3,(H,16,17). The van der Waals surface area contributed by atoms with Crippen molar-refractivity contribution in [1.82, 2.24) is 0 Å². The van der Waals surface area contributed by atoms with Gasteiger partial charge in [0.2, 0.25) is 5.91 Å². The maximum Gasteiger partial charge on any atom is 0.227 e. The van der Waals surface area contributed by atoms with Crippen LogP contribution in [-0.4, -0.2) is 5.91 Å². The zero-order valence-corrected chi connectivity index (χ0v) is 11.1. The number of hydrogen-bond acceptors (Lipinski definition) is 1. The average Bonchev–Trinajstić information content (AvgIpc) is 2.33. The molecule has 0 aliphatic heterocycles. The van der Waals surface area contributed by atoms with Gasteiger partial charge in [-0.3, -0.25) is 4.79 Å². The van der Waals surface area contributed by atoms with Crippen LogP contribution < -0.4 is 5.32 Å². The molecule has 1 rings (SSSR count). The molecule has 0 aromatic heterocycles. The molecule has 0 atom stereocenters. The third-order valence-electron chi connectivity index (χ3n) is 3.12. The summed E-state index contributed by atoms with van der Waals surface area (Å²) in [6, 6.07) is 8.16. The van der Waals surface area contributed by atoms with Gasteiger partial charge in [-0.25, -0.2) is 0 Å². The van der Waals surface area contributed by atoms with Crippen molar-refractivity contribution in [3.63, 3.8) is 0 Å². The van der Waals surface area contributed by atoms with E-state index in [4.69, 9.17) is 0 Å². The van der Waals surface area contributed by atoms with Crippen LogP contribution in [0.2, 0.25) is 0 Å². The predicted octanol–water partition coefficient (Wildman–Crippen LogP) is 4.01. The van der Waals surface area contributed by atoms with E-state index in [0.717, 1.165) is 31.4 Å². The van der Waals surface area contributed by atoms with Crippen molar-refractivity contribution in [3.05, 3.63) is 29.8 Å². The van der Waals surface area contributed by atoms with Crippen molar-refractivity contribution in [2.45, 2.75) is 46.5 Å². The minimum absolute atomic E-state index is 0.130. The van der Waals surface area contributed by atoms with E-state index in [-0.39, 0.29) is 11.8 Å². The summed E-state index contributed by atoms with van der Waals surface area (Å²) >= 11 is 0. The van der Waals surface area contributed by atoms with Crippen LogP contribution in [-0.2, 0) is 11.2 Å². The van der Waals surface area contributed by atoms with Crippen molar-refractivity contribution in [2.24, 2.45) is 5.92 Å². The Labute approximate surface area is 104 Å². The van der Waals surface area contributed by atoms with Crippen LogP contribution >= 0.6 is 0 Å². The Kier molecular flexibility index (Phi) is 5.75. The average molecular weight is 233 g/mol. The van der Waals surface area contributed by atoms with Crippen LogP contribution in [0, 0.1) is 5.92 Å². The maximum atomic E-state index is 11.9. The number of carbonyl (C=O) groups excluding carboxylic acids is 1. The first kappa shape index (κ1) is 13.8. The second kappa shape index (κ2) is 7.10. The van der Waals surface area contributed by atoms with Gasteiger partial charge in [0, 0.05) is 11.6 Å². The first-order valence-electron chi connectivity index (χ1n) is 6.61. The number of hydrogen-bond donors (Lipinski definition) is 1. The molecule has 0 saturated heterocycles. The summed E-state index contributed by atoms with van der Waals surface area (Å²) in [5.41, 5.74) is 2.23. The van der Waals surface area contributed by atoms with Gasteiger partial charge in [-0.1, -0.05) is 39.3 Å². The van der Waals surface area contributed by atoms with Crippen molar-refractivity contribution < 1.29 is 4.79 Å². The lowest BCUT2D eigenvalue weighted by Crippen LogP contribution is -2.21. The molecule has 0 aliphatic rings. The van der Waals surface area contributed by atoms with Gasteiger partial charge in [0.25, 0.3) is 0 Å². The molecule has 2 heteroatoms. The third kappa shape index (κ3) is 4.22. The SMILES string of the molecule is CCCc1ccc(NC(=O)C(CC)CC)cc1. The zero-order chi connectivity index (χ0) is 12.7. The van der Waals surface area contributed by atoms with E-state index in [2.05, 4.69) is 38.2 Å². The van der Waals surface area contributed by atoms with Gasteiger partial charge in [0.15, 0.2) is 0 Å². The van der Waals surface area contributed by atoms with Gasteiger partial charge >= 0.3 is 0 Å². The van der Waals surface area contributed by atoms with Crippen molar-refractivity contribution in [2.75, 3.05) is 5.32 Å². The molecule has 17 heavy (non-hydrogen) atoms. The van der Waals surface area contributed by atoms with E-state index in [0.29, 0.717) is 0 Å². The number of amides is 1. The predicted molar refractivity (Wildman–Crippen MR) is 73.1 cm³/mol. The first-order chi connectivity index (χ1) is 8.21. The largest absolute Gasteiger partial charge is 0.326 e. The van der Waals surface area contributed by atoms with Crippen LogP contribution in [0.25, 0.3) is 0 Å². The van der Waals surface area contributed by atoms with Gasteiger partial charge in [0.05, 0.1) is 0 Å². The van der Waals surface area contributed by atoms with Gasteiger partial charge in [-0.2, -0.15) is 0 Å². The molecule has 0 saturated carbocycles. The number of aryl methyl sites for hydroxylation is 1. The van der Waals surface area contributed by atoms with Crippen molar-refractivity contribution >= 4 is 11.6 Å². The number of benzene rings is 1. The molecule has 0 spiro atoms. The van der Waals surface area contributed by atoms with Crippen LogP contribution in [0.5, 0.6) is 0 Å². The Hall–Kier alpha value is -1.31. The Morgan fingerprint density at radius 1 is 1.12 bits per heavy atom. The zero-order valence-electron chi connectivity index (χ0n) is 11.1. The topological polar surface area (TPSA) is 29.1 Å². The molecular formula is C15H23NO. The molecule has 0 fully saturated rings. The van der Waals surface area contributed by atoms with Crippen molar-refractivity contribution in [1.29, 1.82) is 0 Å². The van der Waals surface area contributed by atoms with Crippen LogP contribution in [0.4, 0.5) is 5.69 Å². The summed E-state index contributed by atoms with van der Waals surface area (Å²) in [6.45, 7) is 6.28. The summed E-state index contributed by atoms with van der Waals surface area (Å²) in [7, 11) is 0. The van der Waals surface area contributed by atoms with Gasteiger partial charge < -0.3 is 5.32 Å². The fourth-order valence-corrected chi connectivity index (χ4v) is 1.95. The highest BCUT2D eigenvalue weighted by Crippen LogP contribution is 2.14.